The van der Waals surface area contributed by atoms with Gasteiger partial charge >= 0.3 is 0 Å². The molecule has 3 rings (SSSR count). The highest BCUT2D eigenvalue weighted by molar-refractivity contribution is 5.37. The normalized spacial score (nSPS) is 16.2. The summed E-state index contributed by atoms with van der Waals surface area (Å²) in [5.41, 5.74) is 3.41. The van der Waals surface area contributed by atoms with Gasteiger partial charge in [0.25, 0.3) is 0 Å². The highest BCUT2D eigenvalue weighted by Gasteiger charge is 2.19. The molecule has 0 atom stereocenters. The summed E-state index contributed by atoms with van der Waals surface area (Å²) in [5.74, 6) is 0.981. The Morgan fingerprint density at radius 1 is 1.00 bits per heavy atom. The van der Waals surface area contributed by atoms with Crippen molar-refractivity contribution in [3.63, 3.8) is 0 Å². The highest BCUT2D eigenvalue weighted by atomic mass is 15.3. The molecule has 0 unspecified atom stereocenters. The van der Waals surface area contributed by atoms with Crippen LogP contribution >= 0.6 is 0 Å². The number of anilines is 1. The second-order valence-corrected chi connectivity index (χ2v) is 5.56. The molecule has 1 saturated heterocycles. The van der Waals surface area contributed by atoms with Crippen LogP contribution in [0.25, 0.3) is 0 Å². The molecule has 0 aliphatic carbocycles. The molecule has 0 aromatic carbocycles. The number of hydrogen-bond donors (Lipinski definition) is 0. The lowest BCUT2D eigenvalue weighted by Gasteiger charge is -2.35. The third-order valence-corrected chi connectivity index (χ3v) is 3.97. The first-order chi connectivity index (χ1) is 10.2. The molecule has 1 aliphatic rings. The average molecular weight is 283 g/mol. The van der Waals surface area contributed by atoms with Crippen LogP contribution in [0, 0.1) is 13.8 Å². The molecule has 1 fully saturated rings. The SMILES string of the molecule is Cc1ccc(N2CCN(Cc3ncccc3C)CC2)nn1. The van der Waals surface area contributed by atoms with E-state index in [0.29, 0.717) is 0 Å². The van der Waals surface area contributed by atoms with Crippen molar-refractivity contribution in [2.75, 3.05) is 31.1 Å². The van der Waals surface area contributed by atoms with Gasteiger partial charge in [-0.25, -0.2) is 0 Å². The molecular formula is C16H21N5. The lowest BCUT2D eigenvalue weighted by Crippen LogP contribution is -2.46. The molecule has 3 heterocycles. The summed E-state index contributed by atoms with van der Waals surface area (Å²) in [5, 5.41) is 8.41. The Morgan fingerprint density at radius 3 is 2.48 bits per heavy atom. The number of piperazine rings is 1. The fourth-order valence-electron chi connectivity index (χ4n) is 2.59. The van der Waals surface area contributed by atoms with Crippen LogP contribution in [-0.4, -0.2) is 46.3 Å². The molecule has 0 radical (unpaired) electrons. The third kappa shape index (κ3) is 3.36. The van der Waals surface area contributed by atoms with Gasteiger partial charge in [0.05, 0.1) is 11.4 Å². The van der Waals surface area contributed by atoms with E-state index in [0.717, 1.165) is 44.2 Å². The fraction of sp³-hybridized carbons (Fsp3) is 0.438. The smallest absolute Gasteiger partial charge is 0.151 e. The third-order valence-electron chi connectivity index (χ3n) is 3.97. The molecule has 0 N–H and O–H groups in total. The summed E-state index contributed by atoms with van der Waals surface area (Å²) in [6.45, 7) is 9.06. The van der Waals surface area contributed by atoms with E-state index in [4.69, 9.17) is 0 Å². The number of pyridine rings is 1. The molecule has 110 valence electrons. The van der Waals surface area contributed by atoms with Crippen LogP contribution in [0.4, 0.5) is 5.82 Å². The maximum Gasteiger partial charge on any atom is 0.151 e. The zero-order chi connectivity index (χ0) is 14.7. The summed E-state index contributed by atoms with van der Waals surface area (Å²) >= 11 is 0. The predicted molar refractivity (Wildman–Crippen MR) is 83.2 cm³/mol. The van der Waals surface area contributed by atoms with Crippen molar-refractivity contribution in [3.8, 4) is 0 Å². The summed E-state index contributed by atoms with van der Waals surface area (Å²) < 4.78 is 0. The first-order valence-corrected chi connectivity index (χ1v) is 7.40. The molecule has 1 aliphatic heterocycles. The van der Waals surface area contributed by atoms with Gasteiger partial charge in [0.2, 0.25) is 0 Å². The first kappa shape index (κ1) is 13.9. The predicted octanol–water partition coefficient (Wildman–Crippen LogP) is 1.81. The van der Waals surface area contributed by atoms with E-state index in [1.54, 1.807) is 0 Å². The zero-order valence-electron chi connectivity index (χ0n) is 12.7. The van der Waals surface area contributed by atoms with Crippen molar-refractivity contribution in [1.82, 2.24) is 20.1 Å². The van der Waals surface area contributed by atoms with Gasteiger partial charge in [-0.2, -0.15) is 5.10 Å². The second-order valence-electron chi connectivity index (χ2n) is 5.56. The molecule has 2 aromatic heterocycles. The molecule has 0 spiro atoms. The van der Waals surface area contributed by atoms with E-state index in [1.807, 2.05) is 25.3 Å². The van der Waals surface area contributed by atoms with E-state index >= 15 is 0 Å². The summed E-state index contributed by atoms with van der Waals surface area (Å²) in [7, 11) is 0. The summed E-state index contributed by atoms with van der Waals surface area (Å²) in [6.07, 6.45) is 1.88. The van der Waals surface area contributed by atoms with E-state index in [9.17, 15) is 0 Å². The van der Waals surface area contributed by atoms with Gasteiger partial charge in [-0.15, -0.1) is 5.10 Å². The summed E-state index contributed by atoms with van der Waals surface area (Å²) in [4.78, 5) is 9.23. The van der Waals surface area contributed by atoms with E-state index in [-0.39, 0.29) is 0 Å². The van der Waals surface area contributed by atoms with Gasteiger partial charge in [0, 0.05) is 38.9 Å². The van der Waals surface area contributed by atoms with E-state index in [1.165, 1.54) is 11.3 Å². The van der Waals surface area contributed by atoms with Crippen LogP contribution in [0.1, 0.15) is 17.0 Å². The Balaban J connectivity index is 1.58. The van der Waals surface area contributed by atoms with Gasteiger partial charge in [-0.1, -0.05) is 6.07 Å². The quantitative estimate of drug-likeness (QED) is 0.859. The van der Waals surface area contributed by atoms with Gasteiger partial charge in [0.1, 0.15) is 0 Å². The van der Waals surface area contributed by atoms with Crippen LogP contribution in [0.15, 0.2) is 30.5 Å². The lowest BCUT2D eigenvalue weighted by atomic mass is 10.2. The summed E-state index contributed by atoms with van der Waals surface area (Å²) in [6, 6.07) is 8.19. The Labute approximate surface area is 125 Å². The fourth-order valence-corrected chi connectivity index (χ4v) is 2.59. The van der Waals surface area contributed by atoms with Crippen LogP contribution in [0.5, 0.6) is 0 Å². The monoisotopic (exact) mass is 283 g/mol. The maximum absolute atomic E-state index is 4.48. The van der Waals surface area contributed by atoms with Gasteiger partial charge in [-0.3, -0.25) is 9.88 Å². The highest BCUT2D eigenvalue weighted by Crippen LogP contribution is 2.14. The van der Waals surface area contributed by atoms with Gasteiger partial charge in [-0.05, 0) is 37.6 Å². The van der Waals surface area contributed by atoms with Crippen molar-refractivity contribution in [2.45, 2.75) is 20.4 Å². The van der Waals surface area contributed by atoms with Crippen LogP contribution in [-0.2, 0) is 6.54 Å². The Bertz CT molecular complexity index is 588. The van der Waals surface area contributed by atoms with Crippen molar-refractivity contribution in [1.29, 1.82) is 0 Å². The molecule has 2 aromatic rings. The van der Waals surface area contributed by atoms with Gasteiger partial charge < -0.3 is 4.90 Å². The molecule has 21 heavy (non-hydrogen) atoms. The molecule has 0 saturated carbocycles. The van der Waals surface area contributed by atoms with Gasteiger partial charge in [0.15, 0.2) is 5.82 Å². The minimum absolute atomic E-state index is 0.931. The van der Waals surface area contributed by atoms with Crippen LogP contribution in [0.3, 0.4) is 0 Å². The van der Waals surface area contributed by atoms with Crippen molar-refractivity contribution >= 4 is 5.82 Å². The number of nitrogens with zero attached hydrogens (tertiary/aromatic N) is 5. The number of aryl methyl sites for hydroxylation is 2. The molecule has 0 bridgehead atoms. The van der Waals surface area contributed by atoms with Crippen molar-refractivity contribution in [3.05, 3.63) is 47.4 Å². The number of aromatic nitrogens is 3. The topological polar surface area (TPSA) is 45.2 Å². The number of hydrogen-bond acceptors (Lipinski definition) is 5. The molecular weight excluding hydrogens is 262 g/mol. The van der Waals surface area contributed by atoms with Crippen molar-refractivity contribution in [2.24, 2.45) is 0 Å². The zero-order valence-corrected chi connectivity index (χ0v) is 12.7. The number of rotatable bonds is 3. The minimum Gasteiger partial charge on any atom is -0.353 e. The van der Waals surface area contributed by atoms with E-state index < -0.39 is 0 Å². The molecule has 5 heteroatoms. The Kier molecular flexibility index (Phi) is 4.10. The largest absolute Gasteiger partial charge is 0.353 e. The Morgan fingerprint density at radius 2 is 1.81 bits per heavy atom. The first-order valence-electron chi connectivity index (χ1n) is 7.40. The maximum atomic E-state index is 4.48. The van der Waals surface area contributed by atoms with E-state index in [2.05, 4.69) is 44.0 Å². The second kappa shape index (κ2) is 6.18. The lowest BCUT2D eigenvalue weighted by molar-refractivity contribution is 0.246. The molecule has 0 amide bonds. The molecule has 5 nitrogen and oxygen atoms in total. The van der Waals surface area contributed by atoms with Crippen LogP contribution < -0.4 is 4.90 Å². The van der Waals surface area contributed by atoms with Crippen LogP contribution in [0.2, 0.25) is 0 Å². The average Bonchev–Trinajstić information content (AvgIpc) is 2.51. The Hall–Kier alpha value is -2.01. The van der Waals surface area contributed by atoms with Crippen molar-refractivity contribution < 1.29 is 0 Å². The minimum atomic E-state index is 0.931. The standard InChI is InChI=1S/C16H21N5/c1-13-4-3-7-17-15(13)12-20-8-10-21(11-9-20)16-6-5-14(2)18-19-16/h3-7H,8-12H2,1-2H3.